The predicted molar refractivity (Wildman–Crippen MR) is 76.9 cm³/mol. The van der Waals surface area contributed by atoms with E-state index in [1.54, 1.807) is 6.07 Å². The first-order valence-electron chi connectivity index (χ1n) is 6.44. The van der Waals surface area contributed by atoms with E-state index < -0.39 is 0 Å². The van der Waals surface area contributed by atoms with Crippen LogP contribution in [0.3, 0.4) is 0 Å². The van der Waals surface area contributed by atoms with Gasteiger partial charge in [-0.15, -0.1) is 0 Å². The molecule has 0 aliphatic heterocycles. The summed E-state index contributed by atoms with van der Waals surface area (Å²) in [6.45, 7) is 6.54. The van der Waals surface area contributed by atoms with Crippen LogP contribution in [0.5, 0.6) is 0 Å². The third-order valence-corrected chi connectivity index (χ3v) is 2.71. The molecule has 1 rings (SSSR count). The van der Waals surface area contributed by atoms with Crippen molar-refractivity contribution in [1.82, 2.24) is 10.3 Å². The highest BCUT2D eigenvalue weighted by atomic mass is 35.5. The number of amides is 1. The Kier molecular flexibility index (Phi) is 7.22. The van der Waals surface area contributed by atoms with Gasteiger partial charge in [-0.3, -0.25) is 4.79 Å². The molecule has 6 heteroatoms. The van der Waals surface area contributed by atoms with Crippen molar-refractivity contribution in [3.05, 3.63) is 22.8 Å². The third-order valence-electron chi connectivity index (χ3n) is 2.41. The Hall–Kier alpha value is -1.33. The van der Waals surface area contributed by atoms with E-state index in [0.29, 0.717) is 36.2 Å². The summed E-state index contributed by atoms with van der Waals surface area (Å²) in [5, 5.41) is 6.20. The maximum Gasteiger partial charge on any atom is 0.252 e. The van der Waals surface area contributed by atoms with Crippen LogP contribution in [0.1, 0.15) is 30.6 Å². The quantitative estimate of drug-likeness (QED) is 0.720. The Morgan fingerprint density at radius 1 is 1.47 bits per heavy atom. The summed E-state index contributed by atoms with van der Waals surface area (Å²) in [4.78, 5) is 16.1. The number of pyridine rings is 1. The minimum Gasteiger partial charge on any atom is -0.382 e. The summed E-state index contributed by atoms with van der Waals surface area (Å²) < 4.78 is 5.20. The Labute approximate surface area is 118 Å². The third kappa shape index (κ3) is 5.44. The van der Waals surface area contributed by atoms with Crippen LogP contribution in [0, 0.1) is 0 Å². The van der Waals surface area contributed by atoms with Gasteiger partial charge < -0.3 is 15.4 Å². The number of carbonyl (C=O) groups is 1. The van der Waals surface area contributed by atoms with Crippen molar-refractivity contribution in [3.8, 4) is 0 Å². The number of hydrogen-bond acceptors (Lipinski definition) is 4. The average molecular weight is 286 g/mol. The lowest BCUT2D eigenvalue weighted by Crippen LogP contribution is -2.25. The number of halogens is 1. The van der Waals surface area contributed by atoms with Crippen molar-refractivity contribution in [2.45, 2.75) is 20.3 Å². The van der Waals surface area contributed by atoms with E-state index in [1.165, 1.54) is 6.20 Å². The minimum atomic E-state index is -0.192. The van der Waals surface area contributed by atoms with Crippen LogP contribution in [0.15, 0.2) is 12.3 Å². The zero-order valence-electron chi connectivity index (χ0n) is 11.3. The standard InChI is InChI=1S/C13H20ClN3O2/c1-3-15-12-8-10(11(14)9-17-12)13(18)16-6-5-7-19-4-2/h8-9H,3-7H2,1-2H3,(H,15,17)(H,16,18). The van der Waals surface area contributed by atoms with Gasteiger partial charge in [0.05, 0.1) is 10.6 Å². The summed E-state index contributed by atoms with van der Waals surface area (Å²) in [5.41, 5.74) is 0.434. The Bertz CT molecular complexity index is 413. The molecular formula is C13H20ClN3O2. The van der Waals surface area contributed by atoms with E-state index in [9.17, 15) is 4.79 Å². The van der Waals surface area contributed by atoms with Gasteiger partial charge in [0.2, 0.25) is 0 Å². The van der Waals surface area contributed by atoms with E-state index >= 15 is 0 Å². The number of aromatic nitrogens is 1. The molecule has 0 aromatic carbocycles. The van der Waals surface area contributed by atoms with Crippen LogP contribution < -0.4 is 10.6 Å². The van der Waals surface area contributed by atoms with Crippen LogP contribution in [0.4, 0.5) is 5.82 Å². The van der Waals surface area contributed by atoms with E-state index in [0.717, 1.165) is 13.0 Å². The molecule has 2 N–H and O–H groups in total. The molecule has 1 aromatic heterocycles. The summed E-state index contributed by atoms with van der Waals surface area (Å²) in [5.74, 6) is 0.453. The maximum atomic E-state index is 12.0. The highest BCUT2D eigenvalue weighted by molar-refractivity contribution is 6.33. The topological polar surface area (TPSA) is 63.2 Å². The second-order valence-corrected chi connectivity index (χ2v) is 4.29. The van der Waals surface area contributed by atoms with Crippen LogP contribution in [-0.2, 0) is 4.74 Å². The van der Waals surface area contributed by atoms with E-state index in [4.69, 9.17) is 16.3 Å². The van der Waals surface area contributed by atoms with Gasteiger partial charge in [0.15, 0.2) is 0 Å². The lowest BCUT2D eigenvalue weighted by atomic mass is 10.2. The van der Waals surface area contributed by atoms with Crippen LogP contribution in [0.2, 0.25) is 5.02 Å². The summed E-state index contributed by atoms with van der Waals surface area (Å²) in [6, 6.07) is 1.66. The Morgan fingerprint density at radius 3 is 2.95 bits per heavy atom. The van der Waals surface area contributed by atoms with Crippen molar-refractivity contribution >= 4 is 23.3 Å². The number of nitrogens with zero attached hydrogens (tertiary/aromatic N) is 1. The molecule has 0 aliphatic carbocycles. The highest BCUT2D eigenvalue weighted by Gasteiger charge is 2.11. The normalized spacial score (nSPS) is 10.3. The van der Waals surface area contributed by atoms with Crippen molar-refractivity contribution in [1.29, 1.82) is 0 Å². The van der Waals surface area contributed by atoms with Crippen molar-refractivity contribution in [3.63, 3.8) is 0 Å². The first kappa shape index (κ1) is 15.7. The number of ether oxygens (including phenoxy) is 1. The molecule has 0 spiro atoms. The molecular weight excluding hydrogens is 266 g/mol. The maximum absolute atomic E-state index is 12.0. The number of hydrogen-bond donors (Lipinski definition) is 2. The molecule has 0 saturated carbocycles. The van der Waals surface area contributed by atoms with E-state index in [-0.39, 0.29) is 5.91 Å². The number of anilines is 1. The highest BCUT2D eigenvalue weighted by Crippen LogP contribution is 2.17. The lowest BCUT2D eigenvalue weighted by molar-refractivity contribution is 0.0944. The molecule has 19 heavy (non-hydrogen) atoms. The number of carbonyl (C=O) groups excluding carboxylic acids is 1. The van der Waals surface area contributed by atoms with Crippen molar-refractivity contribution in [2.24, 2.45) is 0 Å². The number of nitrogens with one attached hydrogen (secondary N) is 2. The summed E-state index contributed by atoms with van der Waals surface area (Å²) >= 11 is 5.98. The second kappa shape index (κ2) is 8.72. The SMILES string of the molecule is CCNc1cc(C(=O)NCCCOCC)c(Cl)cn1. The molecule has 0 bridgehead atoms. The Balaban J connectivity index is 2.53. The van der Waals surface area contributed by atoms with Crippen LogP contribution in [0.25, 0.3) is 0 Å². The molecule has 106 valence electrons. The molecule has 1 aromatic rings. The average Bonchev–Trinajstić information content (AvgIpc) is 2.41. The molecule has 0 aliphatic rings. The van der Waals surface area contributed by atoms with Gasteiger partial charge in [0, 0.05) is 32.5 Å². The van der Waals surface area contributed by atoms with E-state index in [1.807, 2.05) is 13.8 Å². The fraction of sp³-hybridized carbons (Fsp3) is 0.538. The minimum absolute atomic E-state index is 0.192. The van der Waals surface area contributed by atoms with Crippen molar-refractivity contribution < 1.29 is 9.53 Å². The first-order chi connectivity index (χ1) is 9.19. The molecule has 1 amide bonds. The lowest BCUT2D eigenvalue weighted by Gasteiger charge is -2.09. The van der Waals surface area contributed by atoms with Gasteiger partial charge in [-0.25, -0.2) is 4.98 Å². The predicted octanol–water partition coefficient (Wildman–Crippen LogP) is 2.32. The van der Waals surface area contributed by atoms with Gasteiger partial charge >= 0.3 is 0 Å². The van der Waals surface area contributed by atoms with E-state index in [2.05, 4.69) is 15.6 Å². The summed E-state index contributed by atoms with van der Waals surface area (Å²) in [6.07, 6.45) is 2.26. The summed E-state index contributed by atoms with van der Waals surface area (Å²) in [7, 11) is 0. The number of rotatable bonds is 8. The fourth-order valence-electron chi connectivity index (χ4n) is 1.51. The molecule has 0 fully saturated rings. The molecule has 5 nitrogen and oxygen atoms in total. The zero-order chi connectivity index (χ0) is 14.1. The Morgan fingerprint density at radius 2 is 2.26 bits per heavy atom. The first-order valence-corrected chi connectivity index (χ1v) is 6.82. The van der Waals surface area contributed by atoms with Gasteiger partial charge in [0.1, 0.15) is 5.82 Å². The molecule has 1 heterocycles. The molecule has 0 unspecified atom stereocenters. The molecule has 0 saturated heterocycles. The van der Waals surface area contributed by atoms with Gasteiger partial charge in [0.25, 0.3) is 5.91 Å². The van der Waals surface area contributed by atoms with Gasteiger partial charge in [-0.1, -0.05) is 11.6 Å². The second-order valence-electron chi connectivity index (χ2n) is 3.89. The monoisotopic (exact) mass is 285 g/mol. The smallest absolute Gasteiger partial charge is 0.252 e. The largest absolute Gasteiger partial charge is 0.382 e. The molecule has 0 radical (unpaired) electrons. The fourth-order valence-corrected chi connectivity index (χ4v) is 1.70. The van der Waals surface area contributed by atoms with Crippen LogP contribution >= 0.6 is 11.6 Å². The van der Waals surface area contributed by atoms with Crippen LogP contribution in [-0.4, -0.2) is 37.2 Å². The van der Waals surface area contributed by atoms with Gasteiger partial charge in [-0.2, -0.15) is 0 Å². The zero-order valence-corrected chi connectivity index (χ0v) is 12.1. The van der Waals surface area contributed by atoms with Crippen molar-refractivity contribution in [2.75, 3.05) is 31.6 Å². The van der Waals surface area contributed by atoms with Gasteiger partial charge in [-0.05, 0) is 26.3 Å². The molecule has 0 atom stereocenters.